The minimum absolute atomic E-state index is 0.389. The maximum absolute atomic E-state index is 13.0. The maximum atomic E-state index is 13.0. The molecule has 1 unspecified atom stereocenters. The fourth-order valence-corrected chi connectivity index (χ4v) is 1.93. The third-order valence-electron chi connectivity index (χ3n) is 2.64. The highest BCUT2D eigenvalue weighted by Gasteiger charge is 2.20. The predicted octanol–water partition coefficient (Wildman–Crippen LogP) is 2.75. The zero-order valence-corrected chi connectivity index (χ0v) is 7.62. The first-order valence-corrected chi connectivity index (χ1v) is 4.82. The molecule has 1 aromatic rings. The molecule has 0 amide bonds. The number of rotatable bonds is 1. The lowest BCUT2D eigenvalue weighted by Crippen LogP contribution is -2.27. The fraction of sp³-hybridized carbons (Fsp3) is 0.455. The summed E-state index contributed by atoms with van der Waals surface area (Å²) in [5, 5.41) is 0.932. The molecule has 0 N–H and O–H groups in total. The molecule has 1 aromatic carbocycles. The number of halogens is 1. The molecule has 1 aliphatic heterocycles. The molecule has 13 heavy (non-hydrogen) atoms. The number of hydrogen-bond acceptors (Lipinski definition) is 1. The summed E-state index contributed by atoms with van der Waals surface area (Å²) in [7, 11) is 0. The SMILES string of the molecule is FN1CCCC(c2ccccc2)C1. The van der Waals surface area contributed by atoms with Crippen molar-refractivity contribution in [2.75, 3.05) is 13.1 Å². The van der Waals surface area contributed by atoms with Gasteiger partial charge in [-0.3, -0.25) is 0 Å². The smallest absolute Gasteiger partial charge is 0.0359 e. The third-order valence-corrected chi connectivity index (χ3v) is 2.64. The van der Waals surface area contributed by atoms with Crippen molar-refractivity contribution in [1.29, 1.82) is 0 Å². The summed E-state index contributed by atoms with van der Waals surface area (Å²) >= 11 is 0. The van der Waals surface area contributed by atoms with Crippen LogP contribution in [0.2, 0.25) is 0 Å². The first-order valence-electron chi connectivity index (χ1n) is 4.82. The standard InChI is InChI=1S/C11H14FN/c12-13-8-4-7-11(9-13)10-5-2-1-3-6-10/h1-3,5-6,11H,4,7-9H2. The van der Waals surface area contributed by atoms with Gasteiger partial charge in [-0.15, -0.1) is 9.60 Å². The first-order chi connectivity index (χ1) is 6.36. The predicted molar refractivity (Wildman–Crippen MR) is 51.1 cm³/mol. The van der Waals surface area contributed by atoms with Crippen LogP contribution >= 0.6 is 0 Å². The van der Waals surface area contributed by atoms with Crippen molar-refractivity contribution in [3.8, 4) is 0 Å². The molecule has 1 atom stereocenters. The van der Waals surface area contributed by atoms with E-state index < -0.39 is 0 Å². The second-order valence-electron chi connectivity index (χ2n) is 3.62. The molecular weight excluding hydrogens is 165 g/mol. The van der Waals surface area contributed by atoms with Crippen LogP contribution in [0.4, 0.5) is 4.48 Å². The molecule has 2 heteroatoms. The van der Waals surface area contributed by atoms with E-state index in [4.69, 9.17) is 0 Å². The van der Waals surface area contributed by atoms with Crippen molar-refractivity contribution in [2.24, 2.45) is 0 Å². The molecule has 0 aromatic heterocycles. The van der Waals surface area contributed by atoms with Crippen LogP contribution < -0.4 is 0 Å². The van der Waals surface area contributed by atoms with Gasteiger partial charge in [0.2, 0.25) is 0 Å². The molecule has 0 radical (unpaired) electrons. The third kappa shape index (κ3) is 2.07. The molecule has 0 aliphatic carbocycles. The number of hydrogen-bond donors (Lipinski definition) is 0. The molecule has 70 valence electrons. The average Bonchev–Trinajstić information content (AvgIpc) is 2.19. The minimum atomic E-state index is 0.389. The molecule has 0 saturated carbocycles. The van der Waals surface area contributed by atoms with E-state index in [1.54, 1.807) is 0 Å². The summed E-state index contributed by atoms with van der Waals surface area (Å²) in [6.07, 6.45) is 2.08. The van der Waals surface area contributed by atoms with Gasteiger partial charge in [0.15, 0.2) is 0 Å². The molecule has 0 spiro atoms. The second-order valence-corrected chi connectivity index (χ2v) is 3.62. The molecule has 1 heterocycles. The van der Waals surface area contributed by atoms with E-state index >= 15 is 0 Å². The van der Waals surface area contributed by atoms with E-state index in [2.05, 4.69) is 12.1 Å². The highest BCUT2D eigenvalue weighted by molar-refractivity contribution is 5.20. The lowest BCUT2D eigenvalue weighted by Gasteiger charge is -2.26. The zero-order chi connectivity index (χ0) is 9.10. The summed E-state index contributed by atoms with van der Waals surface area (Å²) in [5.74, 6) is 0.389. The molecule has 0 bridgehead atoms. The summed E-state index contributed by atoms with van der Waals surface area (Å²) in [5.41, 5.74) is 1.27. The Kier molecular flexibility index (Phi) is 2.60. The highest BCUT2D eigenvalue weighted by Crippen LogP contribution is 2.26. The van der Waals surface area contributed by atoms with Gasteiger partial charge in [-0.25, -0.2) is 0 Å². The fourth-order valence-electron chi connectivity index (χ4n) is 1.93. The summed E-state index contributed by atoms with van der Waals surface area (Å²) in [6, 6.07) is 10.2. The Bertz CT molecular complexity index is 260. The topological polar surface area (TPSA) is 3.24 Å². The molecule has 1 nitrogen and oxygen atoms in total. The van der Waals surface area contributed by atoms with Gasteiger partial charge in [0.1, 0.15) is 0 Å². The van der Waals surface area contributed by atoms with E-state index in [0.29, 0.717) is 19.0 Å². The number of nitrogens with zero attached hydrogens (tertiary/aromatic N) is 1. The largest absolute Gasteiger partial charge is 0.146 e. The van der Waals surface area contributed by atoms with Crippen LogP contribution in [0.15, 0.2) is 30.3 Å². The van der Waals surface area contributed by atoms with Gasteiger partial charge in [0.05, 0.1) is 0 Å². The van der Waals surface area contributed by atoms with Crippen molar-refractivity contribution in [2.45, 2.75) is 18.8 Å². The Balaban J connectivity index is 2.08. The highest BCUT2D eigenvalue weighted by atomic mass is 19.2. The van der Waals surface area contributed by atoms with Gasteiger partial charge in [-0.1, -0.05) is 30.3 Å². The van der Waals surface area contributed by atoms with Gasteiger partial charge >= 0.3 is 0 Å². The van der Waals surface area contributed by atoms with E-state index in [1.165, 1.54) is 5.56 Å². The zero-order valence-electron chi connectivity index (χ0n) is 7.62. The minimum Gasteiger partial charge on any atom is -0.146 e. The van der Waals surface area contributed by atoms with E-state index in [9.17, 15) is 4.48 Å². The Hall–Kier alpha value is -0.890. The summed E-state index contributed by atoms with van der Waals surface area (Å²) in [6.45, 7) is 1.16. The van der Waals surface area contributed by atoms with Crippen LogP contribution in [0.1, 0.15) is 24.3 Å². The average molecular weight is 179 g/mol. The Labute approximate surface area is 78.1 Å². The Morgan fingerprint density at radius 1 is 1.23 bits per heavy atom. The van der Waals surface area contributed by atoms with Gasteiger partial charge in [0, 0.05) is 13.1 Å². The van der Waals surface area contributed by atoms with Crippen molar-refractivity contribution in [3.05, 3.63) is 35.9 Å². The monoisotopic (exact) mass is 179 g/mol. The van der Waals surface area contributed by atoms with Crippen LogP contribution in [0.25, 0.3) is 0 Å². The lowest BCUT2D eigenvalue weighted by atomic mass is 9.92. The van der Waals surface area contributed by atoms with E-state index in [-0.39, 0.29) is 0 Å². The number of piperidine rings is 1. The van der Waals surface area contributed by atoms with Gasteiger partial charge in [-0.2, -0.15) is 0 Å². The van der Waals surface area contributed by atoms with Gasteiger partial charge in [-0.05, 0) is 24.3 Å². The second kappa shape index (κ2) is 3.88. The van der Waals surface area contributed by atoms with Crippen LogP contribution in [0.3, 0.4) is 0 Å². The van der Waals surface area contributed by atoms with Crippen molar-refractivity contribution in [3.63, 3.8) is 0 Å². The van der Waals surface area contributed by atoms with Crippen LogP contribution in [0, 0.1) is 0 Å². The quantitative estimate of drug-likeness (QED) is 0.599. The van der Waals surface area contributed by atoms with Crippen LogP contribution in [0.5, 0.6) is 0 Å². The van der Waals surface area contributed by atoms with E-state index in [0.717, 1.165) is 18.0 Å². The van der Waals surface area contributed by atoms with Gasteiger partial charge < -0.3 is 0 Å². The molecule has 1 aliphatic rings. The Morgan fingerprint density at radius 2 is 2.00 bits per heavy atom. The molecule has 1 saturated heterocycles. The number of benzene rings is 1. The van der Waals surface area contributed by atoms with E-state index in [1.807, 2.05) is 18.2 Å². The maximum Gasteiger partial charge on any atom is 0.0359 e. The van der Waals surface area contributed by atoms with Crippen molar-refractivity contribution in [1.82, 2.24) is 5.12 Å². The summed E-state index contributed by atoms with van der Waals surface area (Å²) < 4.78 is 13.0. The van der Waals surface area contributed by atoms with Crippen molar-refractivity contribution >= 4 is 0 Å². The van der Waals surface area contributed by atoms with Gasteiger partial charge in [0.25, 0.3) is 0 Å². The van der Waals surface area contributed by atoms with Crippen LogP contribution in [-0.2, 0) is 0 Å². The molecule has 1 fully saturated rings. The first kappa shape index (κ1) is 8.70. The van der Waals surface area contributed by atoms with Crippen LogP contribution in [-0.4, -0.2) is 18.2 Å². The molecular formula is C11H14FN. The molecule has 2 rings (SSSR count). The summed E-state index contributed by atoms with van der Waals surface area (Å²) in [4.78, 5) is 0. The van der Waals surface area contributed by atoms with Crippen molar-refractivity contribution < 1.29 is 4.48 Å². The normalized spacial score (nSPS) is 24.5. The lowest BCUT2D eigenvalue weighted by molar-refractivity contribution is -0.00223. The Morgan fingerprint density at radius 3 is 2.69 bits per heavy atom.